The van der Waals surface area contributed by atoms with Crippen molar-refractivity contribution in [2.45, 2.75) is 125 Å². The summed E-state index contributed by atoms with van der Waals surface area (Å²) in [6.45, 7) is 9.19. The number of carbonyl (C=O) groups excluding carboxylic acids is 4. The number of hydrogen-bond acceptors (Lipinski definition) is 17. The average molecular weight is 1360 g/mol. The summed E-state index contributed by atoms with van der Waals surface area (Å²) in [5.74, 6) is -1.63. The Morgan fingerprint density at radius 1 is 0.468 bits per heavy atom. The molecule has 0 bridgehead atoms. The maximum Gasteiger partial charge on any atom is 0.338 e. The zero-order valence-electron chi connectivity index (χ0n) is 53.5. The fourth-order valence-electron chi connectivity index (χ4n) is 10.6. The van der Waals surface area contributed by atoms with Gasteiger partial charge in [-0.25, -0.2) is 18.0 Å². The number of esters is 4. The van der Waals surface area contributed by atoms with Crippen molar-refractivity contribution < 1.29 is 75.9 Å². The highest BCUT2D eigenvalue weighted by Gasteiger charge is 2.41. The summed E-state index contributed by atoms with van der Waals surface area (Å²) in [5, 5.41) is 41.1. The summed E-state index contributed by atoms with van der Waals surface area (Å²) in [6.07, 6.45) is 5.93. The van der Waals surface area contributed by atoms with Crippen LogP contribution in [0.1, 0.15) is 112 Å². The van der Waals surface area contributed by atoms with E-state index >= 15 is 0 Å². The molecule has 2 aliphatic carbocycles. The van der Waals surface area contributed by atoms with Crippen molar-refractivity contribution in [2.24, 2.45) is 0 Å². The lowest BCUT2D eigenvalue weighted by atomic mass is 9.95. The molecule has 0 spiro atoms. The molecule has 2 aliphatic rings. The van der Waals surface area contributed by atoms with E-state index in [2.05, 4.69) is 205 Å². The second-order valence-electron chi connectivity index (χ2n) is 22.2. The van der Waals surface area contributed by atoms with Gasteiger partial charge in [-0.3, -0.25) is 14.6 Å². The molecule has 2 N–H and O–H groups in total. The van der Waals surface area contributed by atoms with E-state index in [1.54, 1.807) is 32.0 Å². The Kier molecular flexibility index (Phi) is 32.2. The second kappa shape index (κ2) is 40.1. The zero-order valence-corrected chi connectivity index (χ0v) is 56.9. The van der Waals surface area contributed by atoms with Crippen LogP contribution in [0.2, 0.25) is 0 Å². The quantitative estimate of drug-likeness (QED) is 0.00992. The van der Waals surface area contributed by atoms with Crippen molar-refractivity contribution in [3.63, 3.8) is 0 Å². The number of unbranched alkanes of at least 4 members (excludes halogenated alkanes) is 1. The molecule has 16 nitrogen and oxygen atoms in total. The van der Waals surface area contributed by atoms with Gasteiger partial charge in [-0.15, -0.1) is 0 Å². The maximum absolute atomic E-state index is 12.0. The van der Waals surface area contributed by atoms with E-state index in [-0.39, 0.29) is 17.5 Å². The molecule has 2 saturated carbocycles. The Hall–Kier alpha value is -7.44. The average Bonchev–Trinajstić information content (AvgIpc) is 0.793. The normalized spacial score (nSPS) is 16.0. The minimum atomic E-state index is -4.61. The van der Waals surface area contributed by atoms with Gasteiger partial charge in [-0.1, -0.05) is 134 Å². The van der Waals surface area contributed by atoms with E-state index in [0.29, 0.717) is 87.1 Å². The predicted octanol–water partition coefficient (Wildman–Crippen LogP) is 11.3. The molecule has 8 aromatic carbocycles. The van der Waals surface area contributed by atoms with Gasteiger partial charge in [0.25, 0.3) is 0 Å². The van der Waals surface area contributed by atoms with Gasteiger partial charge in [0.05, 0.1) is 66.8 Å². The minimum Gasteiger partial charge on any atom is -0.744 e. The molecule has 10 rings (SSSR count). The fraction of sp³-hybridized carbons (Fsp3) is 0.297. The number of carbonyl (C=O) groups is 4. The van der Waals surface area contributed by atoms with E-state index in [4.69, 9.17) is 18.9 Å². The van der Waals surface area contributed by atoms with Crippen LogP contribution in [-0.2, 0) is 48.0 Å². The molecule has 0 aliphatic heterocycles. The first-order chi connectivity index (χ1) is 45.4. The van der Waals surface area contributed by atoms with E-state index < -0.39 is 65.9 Å². The summed E-state index contributed by atoms with van der Waals surface area (Å²) < 4.78 is 56.9. The Labute approximate surface area is 558 Å². The van der Waals surface area contributed by atoms with E-state index in [1.807, 2.05) is 0 Å². The predicted molar refractivity (Wildman–Crippen MR) is 370 cm³/mol. The third-order valence-corrected chi connectivity index (χ3v) is 25.1. The molecule has 0 heterocycles. The molecule has 20 heteroatoms. The van der Waals surface area contributed by atoms with Crippen LogP contribution in [-0.4, -0.2) is 98.0 Å². The van der Waals surface area contributed by atoms with Crippen LogP contribution in [0.5, 0.6) is 0 Å². The fourth-order valence-corrected chi connectivity index (χ4v) is 17.9. The standard InChI is InChI=1S/2C19H18P.2C13H16O6S.C10H18O4/c2*1-20(17-11-5-2-6-12-17,18-13-7-3-8-14-18)19-15-9-4-10-16-19;14-11-6-1-2-7-12(11)19-13(15)9-4-3-5-10(8-9)20(16,17)18;14-11-6-1-2-7-12(11)17-13(15)9-4-3-5-10(8-9)20-19-18-16;1-3-13-9(11)7-5-6-8-10(12)14-4-2/h2*2-16H,1H3;3-5,8,11-12,14H,1-2,6-7H2,(H,16,17,18);3-5,8,11-12,14,16H,1-2,6-7H2;3-8H2,1-2H3/q2*+1;;;/p-2. The van der Waals surface area contributed by atoms with E-state index in [0.717, 1.165) is 37.8 Å². The lowest BCUT2D eigenvalue weighted by Gasteiger charge is -2.27. The molecule has 4 atom stereocenters. The van der Waals surface area contributed by atoms with Gasteiger partial charge in [0.2, 0.25) is 0 Å². The van der Waals surface area contributed by atoms with Gasteiger partial charge in [-0.05, 0) is 174 Å². The molecule has 498 valence electrons. The van der Waals surface area contributed by atoms with Crippen molar-refractivity contribution >= 4 is 92.4 Å². The number of rotatable bonds is 21. The SMILES string of the molecule is CCOC(=O)CCCCC(=O)OCC.C[P+](c1ccccc1)(c1ccccc1)c1ccccc1.C[P+](c1ccccc1)(c1ccccc1)c1ccccc1.O=C(OC1CCCCC1O)c1cccc(S(=O)(=O)[O-])c1.O=C(OC1CCCCC1O)c1cccc(SOO[O-])c1. The van der Waals surface area contributed by atoms with Gasteiger partial charge in [-0.2, -0.15) is 4.33 Å². The Balaban J connectivity index is 0.000000187. The minimum absolute atomic E-state index is 0.0142. The van der Waals surface area contributed by atoms with Crippen molar-refractivity contribution in [3.05, 3.63) is 242 Å². The molecule has 4 unspecified atom stereocenters. The summed E-state index contributed by atoms with van der Waals surface area (Å²) in [4.78, 5) is 45.7. The number of ether oxygens (including phenoxy) is 4. The van der Waals surface area contributed by atoms with Crippen molar-refractivity contribution in [1.82, 2.24) is 0 Å². The van der Waals surface area contributed by atoms with Gasteiger partial charge in [0, 0.05) is 17.7 Å². The molecular formula is C74H84O16P2S2. The molecule has 0 aromatic heterocycles. The first-order valence-corrected chi connectivity index (χ1v) is 38.0. The van der Waals surface area contributed by atoms with Crippen LogP contribution in [0.3, 0.4) is 0 Å². The molecule has 0 saturated heterocycles. The van der Waals surface area contributed by atoms with Crippen molar-refractivity contribution in [3.8, 4) is 0 Å². The van der Waals surface area contributed by atoms with Crippen molar-refractivity contribution in [1.29, 1.82) is 0 Å². The topological polar surface area (TPSA) is 244 Å². The van der Waals surface area contributed by atoms with Crippen molar-refractivity contribution in [2.75, 3.05) is 26.5 Å². The highest BCUT2D eigenvalue weighted by Crippen LogP contribution is 2.52. The molecule has 8 aromatic rings. The van der Waals surface area contributed by atoms with Crippen LogP contribution in [0.25, 0.3) is 0 Å². The lowest BCUT2D eigenvalue weighted by Crippen LogP contribution is -2.34. The molecule has 0 radical (unpaired) electrons. The number of aliphatic hydroxyl groups excluding tert-OH is 2. The first-order valence-electron chi connectivity index (χ1n) is 31.4. The molecular weight excluding hydrogens is 1270 g/mol. The van der Waals surface area contributed by atoms with Crippen LogP contribution in [0, 0.1) is 0 Å². The van der Waals surface area contributed by atoms with Gasteiger partial charge >= 0.3 is 23.9 Å². The van der Waals surface area contributed by atoms with E-state index in [9.17, 15) is 47.6 Å². The number of hydrogen-bond donors (Lipinski definition) is 2. The van der Waals surface area contributed by atoms with Crippen LogP contribution in [0.15, 0.2) is 240 Å². The zero-order chi connectivity index (χ0) is 67.6. The molecule has 94 heavy (non-hydrogen) atoms. The number of aliphatic hydroxyl groups is 2. The maximum atomic E-state index is 12.0. The first kappa shape index (κ1) is 75.6. The highest BCUT2D eigenvalue weighted by molar-refractivity contribution is 7.95. The number of benzene rings is 8. The Morgan fingerprint density at radius 2 is 0.787 bits per heavy atom. The van der Waals surface area contributed by atoms with Crippen LogP contribution in [0.4, 0.5) is 0 Å². The molecule has 0 amide bonds. The van der Waals surface area contributed by atoms with Gasteiger partial charge in [0.1, 0.15) is 68.7 Å². The highest BCUT2D eigenvalue weighted by atomic mass is 32.2. The Bertz CT molecular complexity index is 3300. The van der Waals surface area contributed by atoms with Crippen LogP contribution < -0.4 is 37.1 Å². The monoisotopic (exact) mass is 1350 g/mol. The summed E-state index contributed by atoms with van der Waals surface area (Å²) >= 11 is 0.707. The Morgan fingerprint density at radius 3 is 1.10 bits per heavy atom. The summed E-state index contributed by atoms with van der Waals surface area (Å²) in [5.41, 5.74) is 0.321. The largest absolute Gasteiger partial charge is 0.744 e. The smallest absolute Gasteiger partial charge is 0.338 e. The van der Waals surface area contributed by atoms with Gasteiger partial charge < -0.3 is 39.0 Å². The lowest BCUT2D eigenvalue weighted by molar-refractivity contribution is -0.777. The third kappa shape index (κ3) is 23.8. The van der Waals surface area contributed by atoms with E-state index in [1.165, 1.54) is 50.0 Å². The summed E-state index contributed by atoms with van der Waals surface area (Å²) in [7, 11) is -7.66. The second-order valence-corrected chi connectivity index (χ2v) is 31.4. The van der Waals surface area contributed by atoms with Gasteiger partial charge in [0.15, 0.2) is 0 Å². The molecule has 2 fully saturated rings. The van der Waals surface area contributed by atoms with Crippen LogP contribution >= 0.6 is 26.6 Å². The summed E-state index contributed by atoms with van der Waals surface area (Å²) in [6, 6.07) is 76.5. The third-order valence-electron chi connectivity index (χ3n) is 15.7.